The van der Waals surface area contributed by atoms with Crippen molar-refractivity contribution in [2.45, 2.75) is 38.8 Å². The Morgan fingerprint density at radius 2 is 2.17 bits per heavy atom. The van der Waals surface area contributed by atoms with E-state index < -0.39 is 0 Å². The molecule has 4 nitrogen and oxygen atoms in total. The van der Waals surface area contributed by atoms with Gasteiger partial charge in [-0.05, 0) is 44.4 Å². The zero-order chi connectivity index (χ0) is 15.6. The first-order chi connectivity index (χ1) is 11.3. The number of nitrogens with zero attached hydrogens (tertiary/aromatic N) is 3. The second kappa shape index (κ2) is 6.13. The minimum Gasteiger partial charge on any atom is -0.376 e. The standard InChI is InChI=1S/C19H21N3O/c1-14-6-4-7-15(12-14)18-21-17-9-5-10-20-19(17)22(18)13-16-8-2-3-11-23-16/h4-7,9-10,12,16H,2-3,8,11,13H2,1H3. The van der Waals surface area contributed by atoms with Gasteiger partial charge in [0, 0.05) is 18.4 Å². The first kappa shape index (κ1) is 14.4. The van der Waals surface area contributed by atoms with Crippen molar-refractivity contribution in [3.8, 4) is 11.4 Å². The highest BCUT2D eigenvalue weighted by Crippen LogP contribution is 2.26. The summed E-state index contributed by atoms with van der Waals surface area (Å²) in [5.41, 5.74) is 4.26. The Morgan fingerprint density at radius 1 is 1.22 bits per heavy atom. The molecule has 1 aliphatic rings. The molecule has 0 saturated carbocycles. The SMILES string of the molecule is Cc1cccc(-c2nc3cccnc3n2CC2CCCCO2)c1. The predicted molar refractivity (Wildman–Crippen MR) is 91.3 cm³/mol. The van der Waals surface area contributed by atoms with Crippen LogP contribution in [0.1, 0.15) is 24.8 Å². The lowest BCUT2D eigenvalue weighted by molar-refractivity contribution is 0.00678. The molecular weight excluding hydrogens is 286 g/mol. The molecule has 4 heteroatoms. The molecule has 0 amide bonds. The largest absolute Gasteiger partial charge is 0.376 e. The fourth-order valence-electron chi connectivity index (χ4n) is 3.29. The molecule has 1 atom stereocenters. The molecule has 4 rings (SSSR count). The lowest BCUT2D eigenvalue weighted by Crippen LogP contribution is -2.25. The van der Waals surface area contributed by atoms with Gasteiger partial charge in [-0.25, -0.2) is 9.97 Å². The van der Waals surface area contributed by atoms with Gasteiger partial charge in [0.25, 0.3) is 0 Å². The monoisotopic (exact) mass is 307 g/mol. The van der Waals surface area contributed by atoms with Crippen molar-refractivity contribution >= 4 is 11.2 Å². The van der Waals surface area contributed by atoms with Gasteiger partial charge in [0.2, 0.25) is 0 Å². The van der Waals surface area contributed by atoms with Gasteiger partial charge in [0.15, 0.2) is 5.65 Å². The summed E-state index contributed by atoms with van der Waals surface area (Å²) in [5.74, 6) is 0.983. The van der Waals surface area contributed by atoms with Crippen LogP contribution in [0.4, 0.5) is 0 Å². The smallest absolute Gasteiger partial charge is 0.160 e. The summed E-state index contributed by atoms with van der Waals surface area (Å²) < 4.78 is 8.16. The number of hydrogen-bond donors (Lipinski definition) is 0. The van der Waals surface area contributed by atoms with Crippen LogP contribution in [0, 0.1) is 6.92 Å². The fourth-order valence-corrected chi connectivity index (χ4v) is 3.29. The van der Waals surface area contributed by atoms with E-state index in [-0.39, 0.29) is 6.10 Å². The highest BCUT2D eigenvalue weighted by molar-refractivity contribution is 5.77. The van der Waals surface area contributed by atoms with Crippen LogP contribution >= 0.6 is 0 Å². The molecule has 0 aliphatic carbocycles. The molecule has 3 heterocycles. The number of aromatic nitrogens is 3. The van der Waals surface area contributed by atoms with Gasteiger partial charge in [-0.2, -0.15) is 0 Å². The average Bonchev–Trinajstić information content (AvgIpc) is 2.95. The third kappa shape index (κ3) is 2.86. The van der Waals surface area contributed by atoms with Crippen LogP contribution in [0.5, 0.6) is 0 Å². The van der Waals surface area contributed by atoms with E-state index in [9.17, 15) is 0 Å². The van der Waals surface area contributed by atoms with Crippen LogP contribution < -0.4 is 0 Å². The summed E-state index contributed by atoms with van der Waals surface area (Å²) in [6, 6.07) is 12.5. The predicted octanol–water partition coefficient (Wildman–Crippen LogP) is 3.98. The van der Waals surface area contributed by atoms with Gasteiger partial charge in [-0.3, -0.25) is 0 Å². The fraction of sp³-hybridized carbons (Fsp3) is 0.368. The molecule has 0 bridgehead atoms. The third-order valence-corrected chi connectivity index (χ3v) is 4.44. The molecule has 1 aliphatic heterocycles. The Bertz CT molecular complexity index is 818. The normalized spacial score (nSPS) is 18.4. The summed E-state index contributed by atoms with van der Waals surface area (Å²) >= 11 is 0. The van der Waals surface area contributed by atoms with E-state index in [1.54, 1.807) is 0 Å². The number of hydrogen-bond acceptors (Lipinski definition) is 3. The van der Waals surface area contributed by atoms with Gasteiger partial charge >= 0.3 is 0 Å². The molecule has 2 aromatic heterocycles. The molecule has 118 valence electrons. The topological polar surface area (TPSA) is 39.9 Å². The maximum absolute atomic E-state index is 5.94. The first-order valence-corrected chi connectivity index (χ1v) is 8.31. The van der Waals surface area contributed by atoms with Crippen molar-refractivity contribution in [1.29, 1.82) is 0 Å². The number of imidazole rings is 1. The van der Waals surface area contributed by atoms with Gasteiger partial charge in [0.1, 0.15) is 11.3 Å². The summed E-state index contributed by atoms with van der Waals surface area (Å²) in [7, 11) is 0. The van der Waals surface area contributed by atoms with E-state index in [4.69, 9.17) is 9.72 Å². The van der Waals surface area contributed by atoms with E-state index in [1.807, 2.05) is 18.3 Å². The van der Waals surface area contributed by atoms with Crippen molar-refractivity contribution in [1.82, 2.24) is 14.5 Å². The Labute approximate surface area is 136 Å². The maximum Gasteiger partial charge on any atom is 0.160 e. The number of fused-ring (bicyclic) bond motifs is 1. The van der Waals surface area contributed by atoms with E-state index in [0.29, 0.717) is 0 Å². The van der Waals surface area contributed by atoms with Crippen molar-refractivity contribution in [3.63, 3.8) is 0 Å². The molecule has 3 aromatic rings. The molecule has 23 heavy (non-hydrogen) atoms. The number of pyridine rings is 1. The minimum atomic E-state index is 0.256. The minimum absolute atomic E-state index is 0.256. The lowest BCUT2D eigenvalue weighted by atomic mass is 10.1. The van der Waals surface area contributed by atoms with Crippen molar-refractivity contribution in [2.24, 2.45) is 0 Å². The summed E-state index contributed by atoms with van der Waals surface area (Å²) in [6.45, 7) is 3.79. The number of ether oxygens (including phenoxy) is 1. The second-order valence-corrected chi connectivity index (χ2v) is 6.25. The molecule has 0 N–H and O–H groups in total. The molecule has 0 radical (unpaired) electrons. The van der Waals surface area contributed by atoms with Crippen molar-refractivity contribution < 1.29 is 4.74 Å². The zero-order valence-electron chi connectivity index (χ0n) is 13.4. The van der Waals surface area contributed by atoms with E-state index in [1.165, 1.54) is 18.4 Å². The van der Waals surface area contributed by atoms with Gasteiger partial charge in [-0.15, -0.1) is 0 Å². The molecular formula is C19H21N3O. The third-order valence-electron chi connectivity index (χ3n) is 4.44. The quantitative estimate of drug-likeness (QED) is 0.735. The van der Waals surface area contributed by atoms with E-state index >= 15 is 0 Å². The van der Waals surface area contributed by atoms with Gasteiger partial charge < -0.3 is 9.30 Å². The van der Waals surface area contributed by atoms with Crippen LogP contribution in [0.3, 0.4) is 0 Å². The number of aryl methyl sites for hydroxylation is 1. The van der Waals surface area contributed by atoms with Crippen LogP contribution in [0.25, 0.3) is 22.6 Å². The maximum atomic E-state index is 5.94. The first-order valence-electron chi connectivity index (χ1n) is 8.31. The molecule has 0 spiro atoms. The van der Waals surface area contributed by atoms with Gasteiger partial charge in [0.05, 0.1) is 12.6 Å². The van der Waals surface area contributed by atoms with Crippen LogP contribution in [-0.2, 0) is 11.3 Å². The second-order valence-electron chi connectivity index (χ2n) is 6.25. The average molecular weight is 307 g/mol. The Balaban J connectivity index is 1.80. The Hall–Kier alpha value is -2.20. The highest BCUT2D eigenvalue weighted by atomic mass is 16.5. The summed E-state index contributed by atoms with van der Waals surface area (Å²) in [5, 5.41) is 0. The van der Waals surface area contributed by atoms with Crippen molar-refractivity contribution in [3.05, 3.63) is 48.2 Å². The molecule has 1 saturated heterocycles. The summed E-state index contributed by atoms with van der Waals surface area (Å²) in [4.78, 5) is 9.39. The number of rotatable bonds is 3. The lowest BCUT2D eigenvalue weighted by Gasteiger charge is -2.23. The van der Waals surface area contributed by atoms with Crippen LogP contribution in [0.2, 0.25) is 0 Å². The van der Waals surface area contributed by atoms with E-state index in [2.05, 4.69) is 40.7 Å². The van der Waals surface area contributed by atoms with Gasteiger partial charge in [-0.1, -0.05) is 23.8 Å². The Kier molecular flexibility index (Phi) is 3.83. The van der Waals surface area contributed by atoms with E-state index in [0.717, 1.165) is 42.1 Å². The number of benzene rings is 1. The molecule has 1 unspecified atom stereocenters. The molecule has 1 fully saturated rings. The van der Waals surface area contributed by atoms with Crippen molar-refractivity contribution in [2.75, 3.05) is 6.61 Å². The zero-order valence-corrected chi connectivity index (χ0v) is 13.4. The Morgan fingerprint density at radius 3 is 3.00 bits per heavy atom. The molecule has 1 aromatic carbocycles. The van der Waals surface area contributed by atoms with Crippen LogP contribution in [0.15, 0.2) is 42.6 Å². The highest BCUT2D eigenvalue weighted by Gasteiger charge is 2.20. The van der Waals surface area contributed by atoms with Crippen LogP contribution in [-0.4, -0.2) is 27.2 Å². The summed E-state index contributed by atoms with van der Waals surface area (Å²) in [6.07, 6.45) is 5.61.